The molecule has 2 atom stereocenters. The fourth-order valence-corrected chi connectivity index (χ4v) is 3.42. The minimum absolute atomic E-state index is 0.129. The molecular formula is C16H23F2N3. The van der Waals surface area contributed by atoms with Gasteiger partial charge in [-0.1, -0.05) is 6.07 Å². The Hall–Kier alpha value is -1.04. The van der Waals surface area contributed by atoms with Crippen molar-refractivity contribution in [3.63, 3.8) is 0 Å². The summed E-state index contributed by atoms with van der Waals surface area (Å²) in [6, 6.07) is 5.04. The summed E-state index contributed by atoms with van der Waals surface area (Å²) in [5, 5.41) is 3.41. The standard InChI is InChI=1S/C16H23F2N3/c1-12(13-2-3-15(17)16(18)10-13)20-6-8-21(9-7-20)14-4-5-19-11-14/h2-3,10,12,14,19H,4-9,11H2,1H3. The van der Waals surface area contributed by atoms with Gasteiger partial charge in [-0.3, -0.25) is 9.80 Å². The Kier molecular flexibility index (Phi) is 4.52. The van der Waals surface area contributed by atoms with Crippen molar-refractivity contribution in [2.75, 3.05) is 39.3 Å². The van der Waals surface area contributed by atoms with Gasteiger partial charge in [0.15, 0.2) is 11.6 Å². The maximum atomic E-state index is 13.4. The summed E-state index contributed by atoms with van der Waals surface area (Å²) in [7, 11) is 0. The van der Waals surface area contributed by atoms with E-state index in [1.54, 1.807) is 6.07 Å². The molecule has 2 saturated heterocycles. The van der Waals surface area contributed by atoms with Crippen LogP contribution in [0.15, 0.2) is 18.2 Å². The summed E-state index contributed by atoms with van der Waals surface area (Å²) >= 11 is 0. The van der Waals surface area contributed by atoms with Crippen molar-refractivity contribution in [3.8, 4) is 0 Å². The van der Waals surface area contributed by atoms with Crippen LogP contribution in [0.3, 0.4) is 0 Å². The predicted octanol–water partition coefficient (Wildman–Crippen LogP) is 2.01. The molecule has 0 amide bonds. The third-order valence-corrected chi connectivity index (χ3v) is 4.87. The second kappa shape index (κ2) is 6.38. The van der Waals surface area contributed by atoms with Gasteiger partial charge >= 0.3 is 0 Å². The van der Waals surface area contributed by atoms with Crippen molar-refractivity contribution in [2.24, 2.45) is 0 Å². The Morgan fingerprint density at radius 1 is 1.14 bits per heavy atom. The van der Waals surface area contributed by atoms with Crippen LogP contribution in [0, 0.1) is 11.6 Å². The van der Waals surface area contributed by atoms with Crippen molar-refractivity contribution in [3.05, 3.63) is 35.4 Å². The number of benzene rings is 1. The van der Waals surface area contributed by atoms with E-state index in [4.69, 9.17) is 0 Å². The first-order valence-electron chi connectivity index (χ1n) is 7.79. The van der Waals surface area contributed by atoms with E-state index in [9.17, 15) is 8.78 Å². The highest BCUT2D eigenvalue weighted by molar-refractivity contribution is 5.21. The molecule has 1 aromatic rings. The van der Waals surface area contributed by atoms with Gasteiger partial charge in [0.2, 0.25) is 0 Å². The van der Waals surface area contributed by atoms with Crippen molar-refractivity contribution in [1.29, 1.82) is 0 Å². The molecule has 2 fully saturated rings. The predicted molar refractivity (Wildman–Crippen MR) is 79.2 cm³/mol. The maximum Gasteiger partial charge on any atom is 0.159 e. The normalized spacial score (nSPS) is 26.1. The van der Waals surface area contributed by atoms with E-state index in [1.165, 1.54) is 18.6 Å². The third-order valence-electron chi connectivity index (χ3n) is 4.87. The summed E-state index contributed by atoms with van der Waals surface area (Å²) < 4.78 is 26.4. The van der Waals surface area contributed by atoms with Crippen LogP contribution in [0.25, 0.3) is 0 Å². The monoisotopic (exact) mass is 295 g/mol. The minimum atomic E-state index is -0.774. The number of nitrogens with zero attached hydrogens (tertiary/aromatic N) is 2. The molecule has 21 heavy (non-hydrogen) atoms. The van der Waals surface area contributed by atoms with E-state index in [2.05, 4.69) is 22.0 Å². The van der Waals surface area contributed by atoms with Crippen LogP contribution in [0.4, 0.5) is 8.78 Å². The first-order valence-corrected chi connectivity index (χ1v) is 7.79. The van der Waals surface area contributed by atoms with Crippen LogP contribution < -0.4 is 5.32 Å². The summed E-state index contributed by atoms with van der Waals surface area (Å²) in [6.07, 6.45) is 1.23. The average Bonchev–Trinajstić information content (AvgIpc) is 3.04. The summed E-state index contributed by atoms with van der Waals surface area (Å²) in [6.45, 7) is 8.36. The van der Waals surface area contributed by atoms with Gasteiger partial charge in [-0.05, 0) is 37.6 Å². The molecule has 0 bridgehead atoms. The molecule has 0 spiro atoms. The molecule has 5 heteroatoms. The lowest BCUT2D eigenvalue weighted by Crippen LogP contribution is -2.51. The fourth-order valence-electron chi connectivity index (χ4n) is 3.42. The van der Waals surface area contributed by atoms with Crippen LogP contribution in [0.2, 0.25) is 0 Å². The third kappa shape index (κ3) is 3.25. The van der Waals surface area contributed by atoms with E-state index in [1.807, 2.05) is 0 Å². The summed E-state index contributed by atoms with van der Waals surface area (Å²) in [4.78, 5) is 4.90. The second-order valence-corrected chi connectivity index (χ2v) is 6.07. The van der Waals surface area contributed by atoms with Gasteiger partial charge in [0.05, 0.1) is 0 Å². The molecule has 2 heterocycles. The van der Waals surface area contributed by atoms with E-state index >= 15 is 0 Å². The van der Waals surface area contributed by atoms with Crippen LogP contribution in [-0.4, -0.2) is 55.1 Å². The van der Waals surface area contributed by atoms with E-state index < -0.39 is 11.6 Å². The number of halogens is 2. The Morgan fingerprint density at radius 3 is 2.52 bits per heavy atom. The molecule has 3 rings (SSSR count). The molecule has 2 unspecified atom stereocenters. The van der Waals surface area contributed by atoms with Gasteiger partial charge < -0.3 is 5.32 Å². The van der Waals surface area contributed by atoms with E-state index in [0.717, 1.165) is 44.8 Å². The number of nitrogens with one attached hydrogen (secondary N) is 1. The Labute approximate surface area is 124 Å². The molecule has 2 aliphatic rings. The summed E-state index contributed by atoms with van der Waals surface area (Å²) in [5.74, 6) is -1.53. The number of hydrogen-bond acceptors (Lipinski definition) is 3. The lowest BCUT2D eigenvalue weighted by molar-refractivity contribution is 0.0786. The fraction of sp³-hybridized carbons (Fsp3) is 0.625. The SMILES string of the molecule is CC(c1ccc(F)c(F)c1)N1CCN(C2CCNC2)CC1. The van der Waals surface area contributed by atoms with Crippen molar-refractivity contribution < 1.29 is 8.78 Å². The summed E-state index contributed by atoms with van der Waals surface area (Å²) in [5.41, 5.74) is 0.852. The first-order chi connectivity index (χ1) is 10.1. The van der Waals surface area contributed by atoms with Gasteiger partial charge in [-0.15, -0.1) is 0 Å². The minimum Gasteiger partial charge on any atom is -0.315 e. The zero-order valence-electron chi connectivity index (χ0n) is 12.5. The Morgan fingerprint density at radius 2 is 1.90 bits per heavy atom. The van der Waals surface area contributed by atoms with Crippen LogP contribution >= 0.6 is 0 Å². The van der Waals surface area contributed by atoms with Crippen molar-refractivity contribution >= 4 is 0 Å². The van der Waals surface area contributed by atoms with E-state index in [-0.39, 0.29) is 6.04 Å². The van der Waals surface area contributed by atoms with Crippen molar-refractivity contribution in [1.82, 2.24) is 15.1 Å². The maximum absolute atomic E-state index is 13.4. The van der Waals surface area contributed by atoms with Gasteiger partial charge in [0.1, 0.15) is 0 Å². The molecule has 116 valence electrons. The molecular weight excluding hydrogens is 272 g/mol. The van der Waals surface area contributed by atoms with Gasteiger partial charge in [0, 0.05) is 44.8 Å². The molecule has 0 radical (unpaired) electrons. The largest absolute Gasteiger partial charge is 0.315 e. The molecule has 2 aliphatic heterocycles. The molecule has 0 aromatic heterocycles. The zero-order valence-corrected chi connectivity index (χ0v) is 12.5. The van der Waals surface area contributed by atoms with Crippen LogP contribution in [0.1, 0.15) is 24.9 Å². The molecule has 0 saturated carbocycles. The molecule has 1 N–H and O–H groups in total. The molecule has 0 aliphatic carbocycles. The van der Waals surface area contributed by atoms with Crippen LogP contribution in [0.5, 0.6) is 0 Å². The first kappa shape index (κ1) is 14.9. The Balaban J connectivity index is 1.59. The highest BCUT2D eigenvalue weighted by atomic mass is 19.2. The smallest absolute Gasteiger partial charge is 0.159 e. The lowest BCUT2D eigenvalue weighted by Gasteiger charge is -2.40. The van der Waals surface area contributed by atoms with E-state index in [0.29, 0.717) is 6.04 Å². The van der Waals surface area contributed by atoms with Gasteiger partial charge in [0.25, 0.3) is 0 Å². The Bertz CT molecular complexity index is 480. The van der Waals surface area contributed by atoms with Gasteiger partial charge in [-0.2, -0.15) is 0 Å². The zero-order chi connectivity index (χ0) is 14.8. The number of rotatable bonds is 3. The molecule has 1 aromatic carbocycles. The topological polar surface area (TPSA) is 18.5 Å². The highest BCUT2D eigenvalue weighted by Crippen LogP contribution is 2.24. The molecule has 3 nitrogen and oxygen atoms in total. The lowest BCUT2D eigenvalue weighted by atomic mass is 10.1. The highest BCUT2D eigenvalue weighted by Gasteiger charge is 2.28. The van der Waals surface area contributed by atoms with Crippen LogP contribution in [-0.2, 0) is 0 Å². The average molecular weight is 295 g/mol. The van der Waals surface area contributed by atoms with Crippen molar-refractivity contribution in [2.45, 2.75) is 25.4 Å². The quantitative estimate of drug-likeness (QED) is 0.920. The van der Waals surface area contributed by atoms with Gasteiger partial charge in [-0.25, -0.2) is 8.78 Å². The second-order valence-electron chi connectivity index (χ2n) is 6.07. The number of piperazine rings is 1. The number of hydrogen-bond donors (Lipinski definition) is 1.